The Morgan fingerprint density at radius 1 is 0.311 bits per heavy atom. The molecular formula is C109H170O10. The Morgan fingerprint density at radius 3 is 1.30 bits per heavy atom. The van der Waals surface area contributed by atoms with E-state index in [2.05, 4.69) is 118 Å². The lowest BCUT2D eigenvalue weighted by Crippen LogP contribution is -2.58. The van der Waals surface area contributed by atoms with E-state index < -0.39 is 0 Å². The lowest BCUT2D eigenvalue weighted by molar-refractivity contribution is -0.209. The molecule has 0 aromatic rings. The Bertz CT molecular complexity index is 3710. The van der Waals surface area contributed by atoms with Crippen molar-refractivity contribution < 1.29 is 47.7 Å². The second-order valence-corrected chi connectivity index (χ2v) is 51.5. The molecule has 25 aliphatic carbocycles. The van der Waals surface area contributed by atoms with Crippen molar-refractivity contribution in [1.29, 1.82) is 0 Å². The molecule has 41 unspecified atom stereocenters. The van der Waals surface area contributed by atoms with E-state index in [4.69, 9.17) is 23.7 Å². The van der Waals surface area contributed by atoms with Gasteiger partial charge in [-0.1, -0.05) is 102 Å². The Hall–Kier alpha value is -2.65. The molecule has 41 atom stereocenters. The van der Waals surface area contributed by atoms with Gasteiger partial charge >= 0.3 is 29.8 Å². The number of hydrogen-bond donors (Lipinski definition) is 0. The molecular weight excluding hydrogens is 1470 g/mol. The van der Waals surface area contributed by atoms with Crippen LogP contribution in [0.4, 0.5) is 0 Å². The van der Waals surface area contributed by atoms with Crippen molar-refractivity contribution in [3.05, 3.63) is 0 Å². The average molecular weight is 1640 g/mol. The van der Waals surface area contributed by atoms with Crippen molar-refractivity contribution in [1.82, 2.24) is 0 Å². The van der Waals surface area contributed by atoms with Gasteiger partial charge in [0.15, 0.2) is 0 Å². The van der Waals surface area contributed by atoms with Crippen LogP contribution in [0.2, 0.25) is 0 Å². The van der Waals surface area contributed by atoms with E-state index in [0.29, 0.717) is 76.9 Å². The van der Waals surface area contributed by atoms with Gasteiger partial charge in [-0.05, 0) is 484 Å². The van der Waals surface area contributed by atoms with Crippen molar-refractivity contribution >= 4 is 29.8 Å². The van der Waals surface area contributed by atoms with Gasteiger partial charge < -0.3 is 23.7 Å². The highest BCUT2D eigenvalue weighted by atomic mass is 16.6. The Kier molecular flexibility index (Phi) is 22.3. The molecule has 119 heavy (non-hydrogen) atoms. The average Bonchev–Trinajstić information content (AvgIpc) is 1.54. The number of esters is 5. The fourth-order valence-corrected chi connectivity index (χ4v) is 39.7. The first-order valence-electron chi connectivity index (χ1n) is 52.8. The standard InChI is InChI=1S/C26H38O2.C25H38O2.C22H36O2.C19H30O2.C17H28O2/c1-12-13(2)20-11-19(12)23-16-9-21(24(20)23)22(10-16)25(27)28-26(3)17-5-14-4-15(7-17)8-18(26)6-14;1-12-13(2)18-8-16(12)9-19(18)24(26)27-25(3,4)21-11-17-10-20(21)23-15-6-5-14(7-15)22(17)23;1-13-10-18-17-11-15(20(18)14(13)2)12-19(17)21(23)24-22(3,4)16-8-6-5-7-9-16;1-4-19(10-13-5-6-15(19)7-13)21-18(20)17-9-14-8-16(17)12(3)11(14)2;1-11-12(2)14-9-13(11)10-15(14)16(18)19-17(3)7-5-4-6-8-17/h12-24H,4-11H2,1-3H3;12-23H,5-11H2,1-4H3;13-20H,5-12H2,1-4H3;11-17H,4-10H2,1-3H3;11-15H,4-10H2,1-3H3. The quantitative estimate of drug-likeness (QED) is 0.0997. The van der Waals surface area contributed by atoms with Crippen molar-refractivity contribution in [2.45, 2.75) is 383 Å². The summed E-state index contributed by atoms with van der Waals surface area (Å²) in [5.74, 6) is 34.1. The van der Waals surface area contributed by atoms with E-state index in [9.17, 15) is 24.0 Å². The maximum atomic E-state index is 13.6. The zero-order valence-corrected chi connectivity index (χ0v) is 78.2. The third-order valence-electron chi connectivity index (χ3n) is 46.5. The molecule has 0 aromatic carbocycles. The number of ether oxygens (including phenoxy) is 5. The minimum atomic E-state index is -0.269. The second kappa shape index (κ2) is 31.3. The van der Waals surface area contributed by atoms with Gasteiger partial charge in [0.25, 0.3) is 0 Å². The van der Waals surface area contributed by atoms with Gasteiger partial charge in [0.05, 0.1) is 29.6 Å². The summed E-state index contributed by atoms with van der Waals surface area (Å²) in [6.45, 7) is 39.6. The largest absolute Gasteiger partial charge is 0.459 e. The lowest BCUT2D eigenvalue weighted by Gasteiger charge is -2.59. The van der Waals surface area contributed by atoms with Crippen LogP contribution in [-0.2, 0) is 47.7 Å². The van der Waals surface area contributed by atoms with Crippen molar-refractivity contribution in [3.63, 3.8) is 0 Å². The number of carbonyl (C=O) groups is 5. The monoisotopic (exact) mass is 1640 g/mol. The van der Waals surface area contributed by atoms with E-state index in [1.807, 2.05) is 0 Å². The minimum absolute atomic E-state index is 0.0866. The van der Waals surface area contributed by atoms with Crippen LogP contribution in [0, 0.1) is 266 Å². The molecule has 0 amide bonds. The van der Waals surface area contributed by atoms with Gasteiger partial charge in [-0.15, -0.1) is 0 Å². The SMILES string of the molecule is CC1C(C)C2CC1C1C3CC(C(=O)OC4(C)C5CC6CC(C5)CC4C6)C(C3)C21.CC1C2CC(C(=O)OC(C)(C)C3CC4CC3C3C5CCC(C5)C43)C(C2)C1C.CC1C2CC(C(=O)OC3(C)CCCCC3)C(C2)C1C.CC1CC2C3CC(CC3C(=O)OC(C)(C)C3CCCCC3)C2C1C.CCC1(OC(=O)C2CC3CC2C(C)C3C)CC2CCC1C2. The molecule has 0 aliphatic heterocycles. The predicted octanol–water partition coefficient (Wildman–Crippen LogP) is 25.2. The zero-order valence-electron chi connectivity index (χ0n) is 78.2. The zero-order chi connectivity index (χ0) is 83.1. The summed E-state index contributed by atoms with van der Waals surface area (Å²) in [6.07, 6.45) is 47.3. The van der Waals surface area contributed by atoms with E-state index >= 15 is 0 Å². The van der Waals surface area contributed by atoms with E-state index in [-0.39, 0.29) is 87.4 Å². The molecule has 10 heteroatoms. The summed E-state index contributed by atoms with van der Waals surface area (Å²) in [7, 11) is 0. The molecule has 25 rings (SSSR count). The number of rotatable bonds is 13. The summed E-state index contributed by atoms with van der Waals surface area (Å²) in [5, 5.41) is 0. The van der Waals surface area contributed by atoms with Gasteiger partial charge in [0.2, 0.25) is 0 Å². The van der Waals surface area contributed by atoms with Crippen molar-refractivity contribution in [3.8, 4) is 0 Å². The second-order valence-electron chi connectivity index (χ2n) is 51.5. The fraction of sp³-hybridized carbons (Fsp3) is 0.954. The molecule has 0 heterocycles. The smallest absolute Gasteiger partial charge is 0.309 e. The normalized spacial score (nSPS) is 54.2. The molecule has 10 nitrogen and oxygen atoms in total. The summed E-state index contributed by atoms with van der Waals surface area (Å²) in [6, 6.07) is 0. The third kappa shape index (κ3) is 14.1. The maximum absolute atomic E-state index is 13.6. The minimum Gasteiger partial charge on any atom is -0.459 e. The van der Waals surface area contributed by atoms with Crippen LogP contribution in [0.1, 0.15) is 355 Å². The first-order valence-corrected chi connectivity index (χ1v) is 52.8. The molecule has 25 fully saturated rings. The van der Waals surface area contributed by atoms with Gasteiger partial charge in [-0.25, -0.2) is 0 Å². The molecule has 0 radical (unpaired) electrons. The molecule has 0 N–H and O–H groups in total. The molecule has 22 bridgehead atoms. The molecule has 25 aliphatic rings. The molecule has 0 spiro atoms. The topological polar surface area (TPSA) is 132 Å². The summed E-state index contributed by atoms with van der Waals surface area (Å²) < 4.78 is 31.4. The first kappa shape index (κ1) is 84.5. The van der Waals surface area contributed by atoms with Gasteiger partial charge in [-0.2, -0.15) is 0 Å². The summed E-state index contributed by atoms with van der Waals surface area (Å²) in [5.41, 5.74) is -0.917. The Morgan fingerprint density at radius 2 is 0.756 bits per heavy atom. The highest BCUT2D eigenvalue weighted by Crippen LogP contribution is 2.74. The van der Waals surface area contributed by atoms with Crippen LogP contribution in [-0.4, -0.2) is 57.9 Å². The molecule has 666 valence electrons. The predicted molar refractivity (Wildman–Crippen MR) is 468 cm³/mol. The number of fused-ring (bicyclic) bond motifs is 31. The first-order chi connectivity index (χ1) is 56.7. The highest BCUT2D eigenvalue weighted by molar-refractivity contribution is 5.76. The third-order valence-corrected chi connectivity index (χ3v) is 46.5. The van der Waals surface area contributed by atoms with Crippen LogP contribution in [0.25, 0.3) is 0 Å². The van der Waals surface area contributed by atoms with Gasteiger partial charge in [0, 0.05) is 5.92 Å². The summed E-state index contributed by atoms with van der Waals surface area (Å²) >= 11 is 0. The Labute approximate surface area is 722 Å². The molecule has 0 aromatic heterocycles. The lowest BCUT2D eigenvalue weighted by atomic mass is 9.50. The van der Waals surface area contributed by atoms with Gasteiger partial charge in [0.1, 0.15) is 28.0 Å². The van der Waals surface area contributed by atoms with Crippen LogP contribution >= 0.6 is 0 Å². The van der Waals surface area contributed by atoms with Crippen molar-refractivity contribution in [2.75, 3.05) is 0 Å². The Balaban J connectivity index is 0.0000000960. The van der Waals surface area contributed by atoms with E-state index in [0.717, 1.165) is 218 Å². The van der Waals surface area contributed by atoms with Crippen LogP contribution < -0.4 is 0 Å². The molecule has 0 saturated heterocycles. The maximum Gasteiger partial charge on any atom is 0.309 e. The number of hydrogen-bond acceptors (Lipinski definition) is 10. The highest BCUT2D eigenvalue weighted by Gasteiger charge is 2.70. The number of carbonyl (C=O) groups excluding carboxylic acids is 5. The van der Waals surface area contributed by atoms with Crippen LogP contribution in [0.15, 0.2) is 0 Å². The van der Waals surface area contributed by atoms with Gasteiger partial charge in [-0.3, -0.25) is 24.0 Å². The van der Waals surface area contributed by atoms with E-state index in [1.165, 1.54) is 180 Å². The van der Waals surface area contributed by atoms with E-state index in [1.54, 1.807) is 0 Å². The summed E-state index contributed by atoms with van der Waals surface area (Å²) in [4.78, 5) is 65.2. The van der Waals surface area contributed by atoms with Crippen LogP contribution in [0.3, 0.4) is 0 Å². The molecule has 25 saturated carbocycles. The van der Waals surface area contributed by atoms with Crippen LogP contribution in [0.5, 0.6) is 0 Å². The van der Waals surface area contributed by atoms with Crippen molar-refractivity contribution in [2.24, 2.45) is 266 Å². The fourth-order valence-electron chi connectivity index (χ4n) is 39.7.